The number of ether oxygens (including phenoxy) is 1. The van der Waals surface area contributed by atoms with Gasteiger partial charge >= 0.3 is 0 Å². The molecule has 0 spiro atoms. The zero-order chi connectivity index (χ0) is 12.4. The Kier molecular flexibility index (Phi) is 3.22. The van der Waals surface area contributed by atoms with Crippen LogP contribution in [0, 0.1) is 5.92 Å². The molecule has 1 saturated carbocycles. The Bertz CT molecular complexity index is 438. The monoisotopic (exact) mass is 245 g/mol. The van der Waals surface area contributed by atoms with Gasteiger partial charge in [0.25, 0.3) is 0 Å². The Morgan fingerprint density at radius 1 is 1.28 bits per heavy atom. The molecule has 2 aliphatic rings. The third-order valence-corrected chi connectivity index (χ3v) is 3.96. The van der Waals surface area contributed by atoms with Crippen LogP contribution in [-0.4, -0.2) is 18.4 Å². The highest BCUT2D eigenvalue weighted by atomic mass is 16.5. The summed E-state index contributed by atoms with van der Waals surface area (Å²) in [5, 5.41) is 3.27. The standard InChI is InChI=1S/C15H19NO2/c17-13(9-11-5-1-2-6-11)15-10-16-12-7-3-4-8-14(12)18-15/h3-4,7-8,11,15-16H,1-2,5-6,9-10H2. The van der Waals surface area contributed by atoms with E-state index in [2.05, 4.69) is 5.32 Å². The van der Waals surface area contributed by atoms with Crippen molar-refractivity contribution in [3.63, 3.8) is 0 Å². The Hall–Kier alpha value is -1.51. The Labute approximate surface area is 108 Å². The number of Topliss-reactive ketones (excluding diaryl/α,β-unsaturated/α-hetero) is 1. The number of ketones is 1. The summed E-state index contributed by atoms with van der Waals surface area (Å²) in [4.78, 5) is 12.2. The van der Waals surface area contributed by atoms with Crippen molar-refractivity contribution in [1.29, 1.82) is 0 Å². The van der Waals surface area contributed by atoms with Gasteiger partial charge in [0.1, 0.15) is 5.75 Å². The van der Waals surface area contributed by atoms with E-state index < -0.39 is 0 Å². The SMILES string of the molecule is O=C(CC1CCCC1)C1CNc2ccccc2O1. The van der Waals surface area contributed by atoms with Crippen LogP contribution in [0.1, 0.15) is 32.1 Å². The molecule has 3 heteroatoms. The molecule has 0 amide bonds. The topological polar surface area (TPSA) is 38.3 Å². The van der Waals surface area contributed by atoms with Crippen LogP contribution < -0.4 is 10.1 Å². The summed E-state index contributed by atoms with van der Waals surface area (Å²) in [6.45, 7) is 0.600. The first-order valence-electron chi connectivity index (χ1n) is 6.85. The van der Waals surface area contributed by atoms with E-state index in [1.54, 1.807) is 0 Å². The van der Waals surface area contributed by atoms with E-state index in [4.69, 9.17) is 4.74 Å². The quantitative estimate of drug-likeness (QED) is 0.889. The van der Waals surface area contributed by atoms with E-state index >= 15 is 0 Å². The van der Waals surface area contributed by atoms with Gasteiger partial charge < -0.3 is 10.1 Å². The maximum absolute atomic E-state index is 12.2. The van der Waals surface area contributed by atoms with Gasteiger partial charge in [0.2, 0.25) is 0 Å². The predicted octanol–water partition coefficient (Wildman–Crippen LogP) is 3.01. The van der Waals surface area contributed by atoms with Crippen LogP contribution in [0.2, 0.25) is 0 Å². The molecule has 1 aliphatic heterocycles. The smallest absolute Gasteiger partial charge is 0.175 e. The number of carbonyl (C=O) groups is 1. The Morgan fingerprint density at radius 2 is 2.06 bits per heavy atom. The predicted molar refractivity (Wildman–Crippen MR) is 70.9 cm³/mol. The fourth-order valence-electron chi connectivity index (χ4n) is 2.92. The summed E-state index contributed by atoms with van der Waals surface area (Å²) < 4.78 is 5.79. The number of carbonyl (C=O) groups excluding carboxylic acids is 1. The van der Waals surface area contributed by atoms with E-state index in [1.807, 2.05) is 24.3 Å². The summed E-state index contributed by atoms with van der Waals surface area (Å²) in [6, 6.07) is 7.80. The molecule has 1 aromatic rings. The molecule has 3 nitrogen and oxygen atoms in total. The fraction of sp³-hybridized carbons (Fsp3) is 0.533. The van der Waals surface area contributed by atoms with Crippen LogP contribution in [0.15, 0.2) is 24.3 Å². The van der Waals surface area contributed by atoms with Crippen LogP contribution in [0.5, 0.6) is 5.75 Å². The summed E-state index contributed by atoms with van der Waals surface area (Å²) in [5.41, 5.74) is 0.988. The zero-order valence-corrected chi connectivity index (χ0v) is 10.5. The van der Waals surface area contributed by atoms with Gasteiger partial charge in [-0.15, -0.1) is 0 Å². The lowest BCUT2D eigenvalue weighted by molar-refractivity contribution is -0.126. The highest BCUT2D eigenvalue weighted by Gasteiger charge is 2.28. The third-order valence-electron chi connectivity index (χ3n) is 3.96. The molecule has 0 bridgehead atoms. The van der Waals surface area contributed by atoms with Crippen molar-refractivity contribution in [2.24, 2.45) is 5.92 Å². The Balaban J connectivity index is 1.62. The molecule has 96 valence electrons. The lowest BCUT2D eigenvalue weighted by Gasteiger charge is -2.27. The van der Waals surface area contributed by atoms with Gasteiger partial charge in [0, 0.05) is 6.42 Å². The molecule has 1 aliphatic carbocycles. The van der Waals surface area contributed by atoms with Gasteiger partial charge in [-0.1, -0.05) is 37.8 Å². The van der Waals surface area contributed by atoms with Crippen molar-refractivity contribution in [3.8, 4) is 5.75 Å². The molecule has 1 fully saturated rings. The molecule has 1 heterocycles. The number of hydrogen-bond acceptors (Lipinski definition) is 3. The maximum Gasteiger partial charge on any atom is 0.175 e. The van der Waals surface area contributed by atoms with E-state index in [0.29, 0.717) is 18.9 Å². The minimum atomic E-state index is -0.305. The third kappa shape index (κ3) is 2.35. The zero-order valence-electron chi connectivity index (χ0n) is 10.5. The van der Waals surface area contributed by atoms with Crippen LogP contribution in [0.4, 0.5) is 5.69 Å². The number of anilines is 1. The fourth-order valence-corrected chi connectivity index (χ4v) is 2.92. The second-order valence-corrected chi connectivity index (χ2v) is 5.30. The average molecular weight is 245 g/mol. The Morgan fingerprint density at radius 3 is 2.89 bits per heavy atom. The molecule has 0 aromatic heterocycles. The highest BCUT2D eigenvalue weighted by molar-refractivity contribution is 5.85. The van der Waals surface area contributed by atoms with Crippen molar-refractivity contribution >= 4 is 11.5 Å². The number of nitrogens with one attached hydrogen (secondary N) is 1. The van der Waals surface area contributed by atoms with Crippen molar-refractivity contribution in [2.45, 2.75) is 38.2 Å². The second-order valence-electron chi connectivity index (χ2n) is 5.30. The molecule has 0 radical (unpaired) electrons. The number of hydrogen-bond donors (Lipinski definition) is 1. The molecular weight excluding hydrogens is 226 g/mol. The largest absolute Gasteiger partial charge is 0.479 e. The minimum absolute atomic E-state index is 0.254. The lowest BCUT2D eigenvalue weighted by atomic mass is 9.98. The highest BCUT2D eigenvalue weighted by Crippen LogP contribution is 2.31. The van der Waals surface area contributed by atoms with E-state index in [9.17, 15) is 4.79 Å². The minimum Gasteiger partial charge on any atom is -0.479 e. The summed E-state index contributed by atoms with van der Waals surface area (Å²) in [7, 11) is 0. The lowest BCUT2D eigenvalue weighted by Crippen LogP contribution is -2.38. The maximum atomic E-state index is 12.2. The number of benzene rings is 1. The second kappa shape index (κ2) is 5.01. The van der Waals surface area contributed by atoms with Gasteiger partial charge in [-0.3, -0.25) is 4.79 Å². The molecule has 1 unspecified atom stereocenters. The first-order valence-corrected chi connectivity index (χ1v) is 6.85. The molecular formula is C15H19NO2. The van der Waals surface area contributed by atoms with Crippen molar-refractivity contribution < 1.29 is 9.53 Å². The molecule has 18 heavy (non-hydrogen) atoms. The van der Waals surface area contributed by atoms with E-state index in [1.165, 1.54) is 25.7 Å². The van der Waals surface area contributed by atoms with E-state index in [-0.39, 0.29) is 11.9 Å². The van der Waals surface area contributed by atoms with Crippen molar-refractivity contribution in [2.75, 3.05) is 11.9 Å². The van der Waals surface area contributed by atoms with E-state index in [0.717, 1.165) is 11.4 Å². The molecule has 1 atom stereocenters. The van der Waals surface area contributed by atoms with Crippen LogP contribution in [0.25, 0.3) is 0 Å². The van der Waals surface area contributed by atoms with Gasteiger partial charge in [0.05, 0.1) is 12.2 Å². The molecule has 1 N–H and O–H groups in total. The number of rotatable bonds is 3. The summed E-state index contributed by atoms with van der Waals surface area (Å²) >= 11 is 0. The van der Waals surface area contributed by atoms with Crippen LogP contribution >= 0.6 is 0 Å². The average Bonchev–Trinajstić information content (AvgIpc) is 2.91. The first kappa shape index (κ1) is 11.6. The molecule has 1 aromatic carbocycles. The summed E-state index contributed by atoms with van der Waals surface area (Å²) in [6.07, 6.45) is 5.37. The first-order chi connectivity index (χ1) is 8.83. The summed E-state index contributed by atoms with van der Waals surface area (Å²) in [5.74, 6) is 1.65. The van der Waals surface area contributed by atoms with Crippen LogP contribution in [-0.2, 0) is 4.79 Å². The molecule has 0 saturated heterocycles. The van der Waals surface area contributed by atoms with Gasteiger partial charge in [-0.25, -0.2) is 0 Å². The molecule has 3 rings (SSSR count). The normalized spacial score (nSPS) is 23.0. The number of para-hydroxylation sites is 2. The van der Waals surface area contributed by atoms with Crippen LogP contribution in [0.3, 0.4) is 0 Å². The van der Waals surface area contributed by atoms with Gasteiger partial charge in [-0.2, -0.15) is 0 Å². The van der Waals surface area contributed by atoms with Crippen molar-refractivity contribution in [1.82, 2.24) is 0 Å². The van der Waals surface area contributed by atoms with Gasteiger partial charge in [0.15, 0.2) is 11.9 Å². The van der Waals surface area contributed by atoms with Gasteiger partial charge in [-0.05, 0) is 18.1 Å². The van der Waals surface area contributed by atoms with Crippen molar-refractivity contribution in [3.05, 3.63) is 24.3 Å². The number of fused-ring (bicyclic) bond motifs is 1.